The second-order valence-electron chi connectivity index (χ2n) is 34.7. The van der Waals surface area contributed by atoms with Crippen LogP contribution in [0.25, 0.3) is 0 Å². The molecule has 16 heterocycles. The van der Waals surface area contributed by atoms with Gasteiger partial charge in [0.05, 0.1) is 102 Å². The molecule has 634 valence electrons. The molecule has 23 rings (SSSR count). The number of aryl methyl sites for hydroxylation is 1. The smallest absolute Gasteiger partial charge is 0.231 e. The second kappa shape index (κ2) is 40.9. The Morgan fingerprint density at radius 1 is 0.342 bits per heavy atom. The molecule has 0 saturated carbocycles. The molecule has 19 nitrogen and oxygen atoms in total. The molecule has 7 fully saturated rings. The van der Waals surface area contributed by atoms with Crippen LogP contribution in [0.5, 0.6) is 23.0 Å². The summed E-state index contributed by atoms with van der Waals surface area (Å²) in [5.41, 5.74) is 24.2. The zero-order chi connectivity index (χ0) is 81.5. The first-order valence-corrected chi connectivity index (χ1v) is 45.4. The first kappa shape index (κ1) is 84.0. The summed E-state index contributed by atoms with van der Waals surface area (Å²) in [6, 6.07) is 46.0. The van der Waals surface area contributed by atoms with Gasteiger partial charge in [-0.15, -0.1) is 12.8 Å². The van der Waals surface area contributed by atoms with Gasteiger partial charge in [0.25, 0.3) is 0 Å². The highest BCUT2D eigenvalue weighted by Gasteiger charge is 2.40. The molecule has 7 N–H and O–H groups in total. The molecule has 0 aromatic heterocycles. The number of benzene rings is 7. The van der Waals surface area contributed by atoms with Crippen LogP contribution in [0.1, 0.15) is 238 Å². The molecular weight excluding hydrogens is 1500 g/mol. The summed E-state index contributed by atoms with van der Waals surface area (Å²) in [7, 11) is 1.74. The van der Waals surface area contributed by atoms with Crippen LogP contribution >= 0.6 is 0 Å². The lowest BCUT2D eigenvalue weighted by Crippen LogP contribution is -2.34. The molecule has 120 heavy (non-hydrogen) atoms. The Kier molecular flexibility index (Phi) is 28.6. The van der Waals surface area contributed by atoms with Crippen LogP contribution in [0.3, 0.4) is 0 Å². The normalized spacial score (nSPS) is 28.4. The third kappa shape index (κ3) is 19.4. The quantitative estimate of drug-likeness (QED) is 0.0706. The van der Waals surface area contributed by atoms with Crippen molar-refractivity contribution >= 4 is 0 Å². The molecule has 19 heteroatoms. The predicted octanol–water partition coefficient (Wildman–Crippen LogP) is 14.2. The largest absolute Gasteiger partial charge is 0.496 e. The van der Waals surface area contributed by atoms with E-state index in [1.54, 1.807) is 7.11 Å². The number of ether oxygens (including phenoxy) is 11. The van der Waals surface area contributed by atoms with Crippen LogP contribution < -0.4 is 56.2 Å². The monoisotopic (exact) mass is 1620 g/mol. The molecule has 7 saturated heterocycles. The zero-order valence-corrected chi connectivity index (χ0v) is 70.5. The maximum Gasteiger partial charge on any atom is 0.231 e. The lowest BCUT2D eigenvalue weighted by atomic mass is 9.89. The first-order valence-electron chi connectivity index (χ1n) is 45.4. The molecular formula is C101H124N8O11. The van der Waals surface area contributed by atoms with E-state index in [0.717, 1.165) is 202 Å². The Hall–Kier alpha value is -8.21. The zero-order valence-electron chi connectivity index (χ0n) is 70.5. The van der Waals surface area contributed by atoms with Gasteiger partial charge in [0, 0.05) is 76.5 Å². The fourth-order valence-corrected chi connectivity index (χ4v) is 21.2. The van der Waals surface area contributed by atoms with Gasteiger partial charge < -0.3 is 89.3 Å². The number of methoxy groups -OCH3 is 1. The second-order valence-corrected chi connectivity index (χ2v) is 34.7. The number of hydrogen-bond acceptors (Lipinski definition) is 19. The Morgan fingerprint density at radius 2 is 0.717 bits per heavy atom. The van der Waals surface area contributed by atoms with Crippen molar-refractivity contribution in [2.45, 2.75) is 233 Å². The van der Waals surface area contributed by atoms with Crippen LogP contribution in [0.2, 0.25) is 0 Å². The fourth-order valence-electron chi connectivity index (χ4n) is 21.2. The number of hydrogen-bond donors (Lipinski definition) is 7. The molecule has 7 aromatic carbocycles. The average molecular weight is 1630 g/mol. The van der Waals surface area contributed by atoms with Gasteiger partial charge in [0.1, 0.15) is 23.7 Å². The van der Waals surface area contributed by atoms with Crippen molar-refractivity contribution in [3.63, 3.8) is 0 Å². The molecule has 0 aliphatic carbocycles. The van der Waals surface area contributed by atoms with Gasteiger partial charge in [-0.3, -0.25) is 0 Å². The first-order chi connectivity index (χ1) is 59.3. The van der Waals surface area contributed by atoms with E-state index < -0.39 is 0 Å². The van der Waals surface area contributed by atoms with Crippen LogP contribution in [-0.4, -0.2) is 155 Å². The number of nitrogens with one attached hydrogen (secondary N) is 7. The van der Waals surface area contributed by atoms with Crippen LogP contribution in [-0.2, 0) is 84.5 Å². The Labute approximate surface area is 711 Å². The minimum Gasteiger partial charge on any atom is -0.496 e. The highest BCUT2D eigenvalue weighted by molar-refractivity contribution is 5.53. The van der Waals surface area contributed by atoms with Crippen molar-refractivity contribution < 1.29 is 52.1 Å². The van der Waals surface area contributed by atoms with Gasteiger partial charge in [-0.2, -0.15) is 5.26 Å². The van der Waals surface area contributed by atoms with Crippen molar-refractivity contribution in [3.8, 4) is 53.8 Å². The molecule has 0 unspecified atom stereocenters. The Bertz CT molecular complexity index is 4720. The van der Waals surface area contributed by atoms with Gasteiger partial charge in [-0.25, -0.2) is 0 Å². The molecule has 14 atom stereocenters. The van der Waals surface area contributed by atoms with E-state index in [2.05, 4.69) is 147 Å². The van der Waals surface area contributed by atoms with Crippen LogP contribution in [0.4, 0.5) is 0 Å². The summed E-state index contributed by atoms with van der Waals surface area (Å²) >= 11 is 0. The maximum absolute atomic E-state index is 9.23. The van der Waals surface area contributed by atoms with Crippen molar-refractivity contribution in [3.05, 3.63) is 221 Å². The molecule has 0 spiro atoms. The van der Waals surface area contributed by atoms with E-state index in [0.29, 0.717) is 49.1 Å². The lowest BCUT2D eigenvalue weighted by Gasteiger charge is -2.31. The summed E-state index contributed by atoms with van der Waals surface area (Å²) in [5.74, 6) is 9.27. The standard InChI is InChI=1S/C15H19NO2.2C15H17NO.C14H16N2O.C14H17NO3.C14H19NO2.C14H19NO/c1-2-12(16-7-1)15-13-10(5-8-18-15)3-4-11-6-9-17-14(11)13;1-2-11-5-6-13-12(10-11)7-9-17-15(13)14-4-3-8-16-14;1-2-11-5-6-12-7-9-17-15(13(12)10-11)14-4-3-8-16-14;15-9-11-4-1-3-10-6-8-17-14(13(10)11)12-5-2-7-16-12;1-2-11(15-4-1)14-10-7-13-12(17-8-18-13)6-9(10)3-5-16-14;1-16-12-6-2-4-10-7-9-17-14(13(10)12)11-5-3-8-15-11;1-10-4-5-12-11(9-10)6-8-16-14(12)13-3-2-7-15-13/h3-4,12,15-16H,1-2,5-9H2;2*1,5-6,10,14-16H,3-4,7-9H2;1,3-4,12,14,16H,2,5-8H2;6-7,11,14-15H,1-5,8H2;2,4,6,11,14-15H,3,5,7-9H2,1H3;4-5,9,13-15H,2-3,6-8H2,1H3/t12-,15-;2*14-,15+;12-,14-;11-,14+;11-,14-;13-,14+/m0000000/s1. The minimum absolute atomic E-state index is 0.0668. The van der Waals surface area contributed by atoms with E-state index in [9.17, 15) is 5.26 Å². The van der Waals surface area contributed by atoms with Gasteiger partial charge in [0.15, 0.2) is 11.5 Å². The van der Waals surface area contributed by atoms with E-state index >= 15 is 0 Å². The van der Waals surface area contributed by atoms with Gasteiger partial charge in [-0.1, -0.05) is 84.1 Å². The average Bonchev–Trinajstić information content (AvgIpc) is 1.56. The van der Waals surface area contributed by atoms with Crippen molar-refractivity contribution in [2.75, 3.05) is 113 Å². The topological polar surface area (TPSA) is 210 Å². The molecule has 0 radical (unpaired) electrons. The van der Waals surface area contributed by atoms with Gasteiger partial charge in [0.2, 0.25) is 6.79 Å². The minimum atomic E-state index is 0.0668. The Balaban J connectivity index is 0.0000000999. The Morgan fingerprint density at radius 3 is 1.22 bits per heavy atom. The molecule has 0 bridgehead atoms. The summed E-state index contributed by atoms with van der Waals surface area (Å²) in [6.45, 7) is 16.8. The fraction of sp³-hybridized carbons (Fsp3) is 0.535. The highest BCUT2D eigenvalue weighted by Crippen LogP contribution is 2.46. The summed E-state index contributed by atoms with van der Waals surface area (Å²) in [6.07, 6.45) is 37.4. The highest BCUT2D eigenvalue weighted by atomic mass is 16.7. The third-order valence-corrected chi connectivity index (χ3v) is 27.2. The number of rotatable bonds is 8. The number of terminal acetylenes is 2. The van der Waals surface area contributed by atoms with Crippen molar-refractivity contribution in [1.82, 2.24) is 37.2 Å². The summed E-state index contributed by atoms with van der Waals surface area (Å²) < 4.78 is 64.1. The number of fused-ring (bicyclic) bond motifs is 10. The third-order valence-electron chi connectivity index (χ3n) is 27.2. The van der Waals surface area contributed by atoms with E-state index in [1.165, 1.54) is 167 Å². The molecule has 16 aliphatic rings. The summed E-state index contributed by atoms with van der Waals surface area (Å²) in [5, 5.41) is 34.0. The predicted molar refractivity (Wildman–Crippen MR) is 466 cm³/mol. The van der Waals surface area contributed by atoms with Gasteiger partial charge in [-0.05, 0) is 303 Å². The van der Waals surface area contributed by atoms with E-state index in [1.807, 2.05) is 30.3 Å². The SMILES string of the molecule is C#Cc1ccc2c(c1)CCO[C@H]2[C@@H]1CCCN1.C#Cc1ccc2c(c1)[C@H]([C@@H]1CCCN1)OCC2.COc1cccc2c1[C@H]([C@@H]1CCCN1)OCC2.Cc1ccc2c(c1)CCO[C@H]2[C@@H]1CCCN1.N#Cc1cccc2c1[C@H]([C@@H]1CCCN1)OCC2.c1c2c(cc3c1OCO3)[C@H]([C@@H]1CCCN1)OCC2.c1cc2c(c3c1CCO3)[C@H]([C@@H]1CCCN1)OCC2. The van der Waals surface area contributed by atoms with E-state index in [4.69, 9.17) is 65.0 Å². The molecule has 0 amide bonds. The van der Waals surface area contributed by atoms with Gasteiger partial charge >= 0.3 is 0 Å². The molecule has 16 aliphatic heterocycles. The number of nitriles is 1. The molecule has 7 aromatic rings. The van der Waals surface area contributed by atoms with Crippen molar-refractivity contribution in [1.29, 1.82) is 5.26 Å². The van der Waals surface area contributed by atoms with E-state index in [-0.39, 0.29) is 42.7 Å². The van der Waals surface area contributed by atoms with Crippen LogP contribution in [0.15, 0.2) is 115 Å². The number of nitrogens with zero attached hydrogens (tertiary/aromatic N) is 1. The lowest BCUT2D eigenvalue weighted by molar-refractivity contribution is 0.0181. The van der Waals surface area contributed by atoms with Crippen LogP contribution in [0, 0.1) is 42.9 Å². The maximum atomic E-state index is 9.23. The summed E-state index contributed by atoms with van der Waals surface area (Å²) in [4.78, 5) is 0. The van der Waals surface area contributed by atoms with Crippen molar-refractivity contribution in [2.24, 2.45) is 0 Å².